The van der Waals surface area contributed by atoms with E-state index < -0.39 is 17.1 Å². The number of carboxylic acid groups (broad SMARTS) is 1. The number of hydrogen-bond acceptors (Lipinski definition) is 6. The van der Waals surface area contributed by atoms with Gasteiger partial charge in [-0.15, -0.1) is 0 Å². The lowest BCUT2D eigenvalue weighted by atomic mass is 10.1. The van der Waals surface area contributed by atoms with Gasteiger partial charge in [0.25, 0.3) is 11.1 Å². The van der Waals surface area contributed by atoms with Crippen LogP contribution in [0.25, 0.3) is 6.08 Å². The van der Waals surface area contributed by atoms with E-state index in [4.69, 9.17) is 37.8 Å². The molecule has 0 unspecified atom stereocenters. The summed E-state index contributed by atoms with van der Waals surface area (Å²) in [6.07, 6.45) is 1.55. The molecule has 1 saturated heterocycles. The Morgan fingerprint density at radius 3 is 2.51 bits per heavy atom. The van der Waals surface area contributed by atoms with E-state index in [9.17, 15) is 14.4 Å². The number of amides is 2. The summed E-state index contributed by atoms with van der Waals surface area (Å²) in [5, 5.41) is 9.45. The van der Waals surface area contributed by atoms with Crippen molar-refractivity contribution in [2.24, 2.45) is 0 Å². The molecule has 0 aromatic heterocycles. The average molecular weight is 530 g/mol. The Hall–Kier alpha value is -3.46. The second kappa shape index (κ2) is 10.4. The van der Waals surface area contributed by atoms with Crippen molar-refractivity contribution >= 4 is 63.8 Å². The van der Waals surface area contributed by atoms with Crippen LogP contribution in [-0.4, -0.2) is 29.3 Å². The van der Waals surface area contributed by atoms with Crippen molar-refractivity contribution in [2.75, 3.05) is 12.0 Å². The molecule has 1 fully saturated rings. The highest BCUT2D eigenvalue weighted by Crippen LogP contribution is 2.40. The first-order valence-corrected chi connectivity index (χ1v) is 11.7. The van der Waals surface area contributed by atoms with Crippen molar-refractivity contribution in [3.05, 3.63) is 92.3 Å². The number of rotatable bonds is 7. The summed E-state index contributed by atoms with van der Waals surface area (Å²) in [6, 6.07) is 16.0. The molecule has 0 saturated carbocycles. The highest BCUT2D eigenvalue weighted by atomic mass is 35.5. The van der Waals surface area contributed by atoms with Crippen molar-refractivity contribution < 1.29 is 29.0 Å². The van der Waals surface area contributed by atoms with Crippen molar-refractivity contribution in [3.63, 3.8) is 0 Å². The molecule has 3 aromatic rings. The summed E-state index contributed by atoms with van der Waals surface area (Å²) in [5.41, 5.74) is 1.75. The maximum absolute atomic E-state index is 12.9. The van der Waals surface area contributed by atoms with Crippen LogP contribution in [0.4, 0.5) is 10.5 Å². The lowest BCUT2D eigenvalue weighted by Crippen LogP contribution is -2.27. The second-order valence-corrected chi connectivity index (χ2v) is 9.16. The number of benzene rings is 3. The Morgan fingerprint density at radius 2 is 1.83 bits per heavy atom. The fraction of sp³-hybridized carbons (Fsp3) is 0.0800. The minimum absolute atomic E-state index is 0.0660. The van der Waals surface area contributed by atoms with Gasteiger partial charge in [0.05, 0.1) is 28.3 Å². The van der Waals surface area contributed by atoms with Gasteiger partial charge in [0.1, 0.15) is 6.61 Å². The van der Waals surface area contributed by atoms with Gasteiger partial charge in [0.2, 0.25) is 0 Å². The third-order valence-electron chi connectivity index (χ3n) is 4.99. The number of ether oxygens (including phenoxy) is 2. The van der Waals surface area contributed by atoms with Crippen LogP contribution in [0.5, 0.6) is 11.5 Å². The van der Waals surface area contributed by atoms with Gasteiger partial charge < -0.3 is 14.6 Å². The third kappa shape index (κ3) is 5.45. The minimum Gasteiger partial charge on any atom is -0.493 e. The molecule has 4 rings (SSSR count). The van der Waals surface area contributed by atoms with Gasteiger partial charge >= 0.3 is 5.97 Å². The first-order valence-electron chi connectivity index (χ1n) is 10.1. The first kappa shape index (κ1) is 24.7. The molecule has 1 aliphatic rings. The fourth-order valence-corrected chi connectivity index (χ4v) is 4.59. The van der Waals surface area contributed by atoms with Crippen LogP contribution < -0.4 is 14.4 Å². The SMILES string of the molecule is COc1cc(/C=C2/SC(=O)N(c3ccc(Cl)cc3)C2=O)cc(Cl)c1OCc1cccc(C(=O)O)c1. The molecular weight excluding hydrogens is 513 g/mol. The Bertz CT molecular complexity index is 1360. The van der Waals surface area contributed by atoms with Crippen molar-refractivity contribution in [1.29, 1.82) is 0 Å². The Labute approximate surface area is 214 Å². The number of carboxylic acids is 1. The van der Waals surface area contributed by atoms with Crippen LogP contribution in [0.2, 0.25) is 10.0 Å². The summed E-state index contributed by atoms with van der Waals surface area (Å²) in [7, 11) is 1.45. The van der Waals surface area contributed by atoms with Gasteiger partial charge in [0.15, 0.2) is 11.5 Å². The van der Waals surface area contributed by atoms with Gasteiger partial charge in [0, 0.05) is 5.02 Å². The van der Waals surface area contributed by atoms with E-state index in [0.717, 1.165) is 16.7 Å². The van der Waals surface area contributed by atoms with Gasteiger partial charge in [-0.05, 0) is 77.5 Å². The molecule has 7 nitrogen and oxygen atoms in total. The van der Waals surface area contributed by atoms with E-state index >= 15 is 0 Å². The lowest BCUT2D eigenvalue weighted by Gasteiger charge is -2.14. The molecule has 2 amide bonds. The van der Waals surface area contributed by atoms with Gasteiger partial charge in [-0.1, -0.05) is 35.3 Å². The highest BCUT2D eigenvalue weighted by molar-refractivity contribution is 8.19. The monoisotopic (exact) mass is 529 g/mol. The summed E-state index contributed by atoms with van der Waals surface area (Å²) in [4.78, 5) is 37.9. The molecule has 10 heteroatoms. The van der Waals surface area contributed by atoms with Crippen LogP contribution in [0.15, 0.2) is 65.6 Å². The lowest BCUT2D eigenvalue weighted by molar-refractivity contribution is -0.113. The summed E-state index contributed by atoms with van der Waals surface area (Å²) >= 11 is 13.2. The number of hydrogen-bond donors (Lipinski definition) is 1. The zero-order chi connectivity index (χ0) is 25.1. The fourth-order valence-electron chi connectivity index (χ4n) is 3.34. The largest absolute Gasteiger partial charge is 0.493 e. The quantitative estimate of drug-likeness (QED) is 0.348. The minimum atomic E-state index is -1.03. The maximum Gasteiger partial charge on any atom is 0.335 e. The number of anilines is 1. The summed E-state index contributed by atoms with van der Waals surface area (Å²) in [5.74, 6) is -0.917. The molecule has 0 atom stereocenters. The third-order valence-corrected chi connectivity index (χ3v) is 6.39. The molecule has 35 heavy (non-hydrogen) atoms. The number of carbonyl (C=O) groups excluding carboxylic acids is 2. The predicted octanol–water partition coefficient (Wildman–Crippen LogP) is 6.52. The number of carbonyl (C=O) groups is 3. The second-order valence-electron chi connectivity index (χ2n) is 7.32. The molecular formula is C25H17Cl2NO6S. The maximum atomic E-state index is 12.9. The Morgan fingerprint density at radius 1 is 1.09 bits per heavy atom. The number of imide groups is 1. The van der Waals surface area contributed by atoms with Crippen molar-refractivity contribution in [1.82, 2.24) is 0 Å². The smallest absolute Gasteiger partial charge is 0.335 e. The van der Waals surface area contributed by atoms with Crippen LogP contribution >= 0.6 is 35.0 Å². The van der Waals surface area contributed by atoms with E-state index in [1.807, 2.05) is 0 Å². The first-order chi connectivity index (χ1) is 16.8. The number of halogens is 2. The predicted molar refractivity (Wildman–Crippen MR) is 136 cm³/mol. The van der Waals surface area contributed by atoms with E-state index in [0.29, 0.717) is 27.6 Å². The van der Waals surface area contributed by atoms with Crippen LogP contribution in [0, 0.1) is 0 Å². The number of methoxy groups -OCH3 is 1. The number of aromatic carboxylic acids is 1. The Kier molecular flexibility index (Phi) is 7.35. The van der Waals surface area contributed by atoms with Crippen LogP contribution in [0.1, 0.15) is 21.5 Å². The van der Waals surface area contributed by atoms with E-state index in [2.05, 4.69) is 0 Å². The molecule has 3 aromatic carbocycles. The van der Waals surface area contributed by atoms with E-state index in [1.54, 1.807) is 54.6 Å². The van der Waals surface area contributed by atoms with E-state index in [1.165, 1.54) is 19.2 Å². The summed E-state index contributed by atoms with van der Waals surface area (Å²) in [6.45, 7) is 0.0660. The number of nitrogens with zero attached hydrogens (tertiary/aromatic N) is 1. The van der Waals surface area contributed by atoms with Crippen LogP contribution in [0.3, 0.4) is 0 Å². The molecule has 1 N–H and O–H groups in total. The summed E-state index contributed by atoms with van der Waals surface area (Å²) < 4.78 is 11.2. The molecule has 0 bridgehead atoms. The topological polar surface area (TPSA) is 93.1 Å². The standard InChI is InChI=1S/C25H17Cl2NO6S/c1-33-20-11-15(10-19(27)22(20)34-13-14-3-2-4-16(9-14)24(30)31)12-21-23(29)28(25(32)35-21)18-7-5-17(26)6-8-18/h2-12H,13H2,1H3,(H,30,31)/b21-12+. The normalized spacial score (nSPS) is 14.5. The van der Waals surface area contributed by atoms with Gasteiger partial charge in [-0.3, -0.25) is 9.59 Å². The van der Waals surface area contributed by atoms with Gasteiger partial charge in [-0.25, -0.2) is 9.69 Å². The van der Waals surface area contributed by atoms with Crippen LogP contribution in [-0.2, 0) is 11.4 Å². The van der Waals surface area contributed by atoms with Crippen molar-refractivity contribution in [3.8, 4) is 11.5 Å². The molecule has 0 radical (unpaired) electrons. The molecule has 178 valence electrons. The van der Waals surface area contributed by atoms with Gasteiger partial charge in [-0.2, -0.15) is 0 Å². The molecule has 0 aliphatic carbocycles. The number of thioether (sulfide) groups is 1. The molecule has 0 spiro atoms. The molecule has 1 aliphatic heterocycles. The zero-order valence-corrected chi connectivity index (χ0v) is 20.5. The zero-order valence-electron chi connectivity index (χ0n) is 18.2. The highest BCUT2D eigenvalue weighted by Gasteiger charge is 2.36. The van der Waals surface area contributed by atoms with E-state index in [-0.39, 0.29) is 27.8 Å². The molecule has 1 heterocycles. The van der Waals surface area contributed by atoms with Crippen molar-refractivity contribution in [2.45, 2.75) is 6.61 Å². The average Bonchev–Trinajstić information content (AvgIpc) is 3.11. The Balaban J connectivity index is 1.56.